The summed E-state index contributed by atoms with van der Waals surface area (Å²) in [5.74, 6) is 2.26. The van der Waals surface area contributed by atoms with Gasteiger partial charge in [0.05, 0.1) is 13.2 Å². The predicted octanol–water partition coefficient (Wildman–Crippen LogP) is 5.21. The number of pyridine rings is 1. The monoisotopic (exact) mass is 321 g/mol. The van der Waals surface area contributed by atoms with E-state index in [0.29, 0.717) is 19.1 Å². The van der Waals surface area contributed by atoms with Crippen LogP contribution < -0.4 is 9.47 Å². The lowest BCUT2D eigenvalue weighted by Gasteiger charge is -2.11. The van der Waals surface area contributed by atoms with Crippen LogP contribution in [0, 0.1) is 0 Å². The first-order chi connectivity index (χ1) is 11.7. The maximum absolute atomic E-state index is 5.88. The summed E-state index contributed by atoms with van der Waals surface area (Å²) < 4.78 is 11.7. The zero-order chi connectivity index (χ0) is 16.8. The highest BCUT2D eigenvalue weighted by Crippen LogP contribution is 2.23. The van der Waals surface area contributed by atoms with Crippen molar-refractivity contribution >= 4 is 10.9 Å². The van der Waals surface area contributed by atoms with Gasteiger partial charge in [-0.1, -0.05) is 44.2 Å². The van der Waals surface area contributed by atoms with E-state index in [9.17, 15) is 0 Å². The first-order valence-electron chi connectivity index (χ1n) is 8.43. The molecule has 0 unspecified atom stereocenters. The fourth-order valence-corrected chi connectivity index (χ4v) is 2.59. The van der Waals surface area contributed by atoms with Crippen LogP contribution in [0.5, 0.6) is 11.5 Å². The van der Waals surface area contributed by atoms with Crippen molar-refractivity contribution in [2.75, 3.05) is 13.2 Å². The second kappa shape index (κ2) is 7.82. The van der Waals surface area contributed by atoms with Crippen molar-refractivity contribution in [2.24, 2.45) is 0 Å². The lowest BCUT2D eigenvalue weighted by atomic mass is 10.0. The second-order valence-corrected chi connectivity index (χ2v) is 6.11. The summed E-state index contributed by atoms with van der Waals surface area (Å²) in [4.78, 5) is 4.40. The highest BCUT2D eigenvalue weighted by atomic mass is 16.5. The van der Waals surface area contributed by atoms with Crippen molar-refractivity contribution in [3.05, 3.63) is 66.4 Å². The van der Waals surface area contributed by atoms with E-state index in [2.05, 4.69) is 31.0 Å². The molecule has 3 heteroatoms. The topological polar surface area (TPSA) is 31.4 Å². The van der Waals surface area contributed by atoms with Gasteiger partial charge in [-0.2, -0.15) is 0 Å². The average molecular weight is 321 g/mol. The number of benzene rings is 2. The van der Waals surface area contributed by atoms with Gasteiger partial charge in [0, 0.05) is 18.0 Å². The number of aromatic nitrogens is 1. The Balaban J connectivity index is 1.49. The van der Waals surface area contributed by atoms with Crippen LogP contribution >= 0.6 is 0 Å². The van der Waals surface area contributed by atoms with E-state index < -0.39 is 0 Å². The lowest BCUT2D eigenvalue weighted by Crippen LogP contribution is -2.05. The van der Waals surface area contributed by atoms with Crippen LogP contribution in [0.2, 0.25) is 0 Å². The van der Waals surface area contributed by atoms with E-state index in [1.165, 1.54) is 5.56 Å². The molecule has 0 aliphatic carbocycles. The predicted molar refractivity (Wildman–Crippen MR) is 97.9 cm³/mol. The summed E-state index contributed by atoms with van der Waals surface area (Å²) in [5, 5.41) is 1.09. The van der Waals surface area contributed by atoms with E-state index in [4.69, 9.17) is 9.47 Å². The van der Waals surface area contributed by atoms with Crippen LogP contribution in [-0.2, 0) is 0 Å². The Kier molecular flexibility index (Phi) is 5.32. The Labute approximate surface area is 143 Å². The number of hydrogen-bond donors (Lipinski definition) is 0. The van der Waals surface area contributed by atoms with E-state index in [1.54, 1.807) is 6.20 Å². The van der Waals surface area contributed by atoms with Gasteiger partial charge in [-0.3, -0.25) is 4.98 Å². The zero-order valence-electron chi connectivity index (χ0n) is 14.2. The van der Waals surface area contributed by atoms with Gasteiger partial charge in [0.15, 0.2) is 0 Å². The molecule has 0 fully saturated rings. The van der Waals surface area contributed by atoms with Crippen LogP contribution in [0.4, 0.5) is 0 Å². The highest BCUT2D eigenvalue weighted by Gasteiger charge is 2.03. The summed E-state index contributed by atoms with van der Waals surface area (Å²) in [7, 11) is 0. The first kappa shape index (κ1) is 16.3. The Morgan fingerprint density at radius 1 is 0.917 bits per heavy atom. The van der Waals surface area contributed by atoms with Crippen molar-refractivity contribution in [2.45, 2.75) is 26.2 Å². The molecule has 0 atom stereocenters. The molecular weight excluding hydrogens is 298 g/mol. The van der Waals surface area contributed by atoms with E-state index in [1.807, 2.05) is 42.5 Å². The summed E-state index contributed by atoms with van der Waals surface area (Å²) in [6.45, 7) is 5.62. The molecule has 0 saturated heterocycles. The number of nitrogens with zero attached hydrogens (tertiary/aromatic N) is 1. The molecule has 0 saturated carbocycles. The number of fused-ring (bicyclic) bond motifs is 1. The molecule has 1 heterocycles. The third kappa shape index (κ3) is 4.05. The lowest BCUT2D eigenvalue weighted by molar-refractivity contribution is 0.248. The maximum Gasteiger partial charge on any atom is 0.145 e. The fourth-order valence-electron chi connectivity index (χ4n) is 2.59. The minimum atomic E-state index is 0.510. The Morgan fingerprint density at radius 2 is 1.71 bits per heavy atom. The molecule has 0 radical (unpaired) electrons. The molecule has 0 aliphatic rings. The minimum Gasteiger partial charge on any atom is -0.493 e. The Hall–Kier alpha value is -2.55. The molecule has 2 aromatic carbocycles. The van der Waals surface area contributed by atoms with Crippen molar-refractivity contribution in [1.29, 1.82) is 0 Å². The molecule has 124 valence electrons. The van der Waals surface area contributed by atoms with Gasteiger partial charge in [-0.15, -0.1) is 0 Å². The molecule has 24 heavy (non-hydrogen) atoms. The van der Waals surface area contributed by atoms with Gasteiger partial charge >= 0.3 is 0 Å². The summed E-state index contributed by atoms with van der Waals surface area (Å²) in [6, 6.07) is 18.3. The van der Waals surface area contributed by atoms with Crippen molar-refractivity contribution in [1.82, 2.24) is 4.98 Å². The third-order valence-corrected chi connectivity index (χ3v) is 3.94. The van der Waals surface area contributed by atoms with Gasteiger partial charge in [0.1, 0.15) is 17.0 Å². The molecular formula is C21H23NO2. The van der Waals surface area contributed by atoms with Crippen LogP contribution in [-0.4, -0.2) is 18.2 Å². The largest absolute Gasteiger partial charge is 0.493 e. The molecule has 0 amide bonds. The quantitative estimate of drug-likeness (QED) is 0.560. The second-order valence-electron chi connectivity index (χ2n) is 6.11. The molecule has 3 rings (SSSR count). The van der Waals surface area contributed by atoms with E-state index in [0.717, 1.165) is 28.8 Å². The summed E-state index contributed by atoms with van der Waals surface area (Å²) in [5.41, 5.74) is 2.20. The molecule has 0 N–H and O–H groups in total. The normalized spacial score (nSPS) is 11.0. The summed E-state index contributed by atoms with van der Waals surface area (Å²) in [6.07, 6.45) is 2.62. The Morgan fingerprint density at radius 3 is 2.58 bits per heavy atom. The van der Waals surface area contributed by atoms with Crippen LogP contribution in [0.3, 0.4) is 0 Å². The van der Waals surface area contributed by atoms with Crippen molar-refractivity contribution in [3.63, 3.8) is 0 Å². The van der Waals surface area contributed by atoms with Gasteiger partial charge in [-0.05, 0) is 35.7 Å². The summed E-state index contributed by atoms with van der Waals surface area (Å²) >= 11 is 0. The zero-order valence-corrected chi connectivity index (χ0v) is 14.2. The van der Waals surface area contributed by atoms with Gasteiger partial charge in [0.2, 0.25) is 0 Å². The van der Waals surface area contributed by atoms with Crippen LogP contribution in [0.25, 0.3) is 10.9 Å². The molecule has 1 aromatic heterocycles. The highest BCUT2D eigenvalue weighted by molar-refractivity contribution is 5.84. The smallest absolute Gasteiger partial charge is 0.145 e. The van der Waals surface area contributed by atoms with E-state index >= 15 is 0 Å². The van der Waals surface area contributed by atoms with Crippen molar-refractivity contribution in [3.8, 4) is 11.5 Å². The van der Waals surface area contributed by atoms with Gasteiger partial charge in [-0.25, -0.2) is 0 Å². The molecule has 0 aliphatic heterocycles. The average Bonchev–Trinajstić information content (AvgIpc) is 2.62. The molecule has 3 nitrogen and oxygen atoms in total. The number of rotatable bonds is 7. The SMILES string of the molecule is CC(C)c1cccc(OCCCOc2cccc3cccnc23)c1. The van der Waals surface area contributed by atoms with Gasteiger partial charge in [0.25, 0.3) is 0 Å². The minimum absolute atomic E-state index is 0.510. The number of hydrogen-bond acceptors (Lipinski definition) is 3. The number of ether oxygens (including phenoxy) is 2. The molecule has 0 bridgehead atoms. The van der Waals surface area contributed by atoms with E-state index in [-0.39, 0.29) is 0 Å². The third-order valence-electron chi connectivity index (χ3n) is 3.94. The fraction of sp³-hybridized carbons (Fsp3) is 0.286. The van der Waals surface area contributed by atoms with Crippen LogP contribution in [0.1, 0.15) is 31.7 Å². The standard InChI is InChI=1S/C21H23NO2/c1-16(2)18-8-3-10-19(15-18)23-13-6-14-24-20-11-4-7-17-9-5-12-22-21(17)20/h3-5,7-12,15-16H,6,13-14H2,1-2H3. The van der Waals surface area contributed by atoms with Gasteiger partial charge < -0.3 is 9.47 Å². The van der Waals surface area contributed by atoms with Crippen LogP contribution in [0.15, 0.2) is 60.8 Å². The number of para-hydroxylation sites is 1. The molecule has 0 spiro atoms. The molecule has 3 aromatic rings. The first-order valence-corrected chi connectivity index (χ1v) is 8.43. The maximum atomic E-state index is 5.88. The van der Waals surface area contributed by atoms with Crippen molar-refractivity contribution < 1.29 is 9.47 Å². The Bertz CT molecular complexity index is 793.